The van der Waals surface area contributed by atoms with Crippen LogP contribution in [0.4, 0.5) is 0 Å². The van der Waals surface area contributed by atoms with Crippen molar-refractivity contribution in [2.75, 3.05) is 0 Å². The lowest BCUT2D eigenvalue weighted by Crippen LogP contribution is -2.23. The molecule has 2 aromatic heterocycles. The lowest BCUT2D eigenvalue weighted by molar-refractivity contribution is 0.581. The van der Waals surface area contributed by atoms with Crippen LogP contribution in [0.2, 0.25) is 0 Å². The Hall–Kier alpha value is -2.57. The molecule has 128 valence electrons. The van der Waals surface area contributed by atoms with E-state index in [1.807, 2.05) is 37.3 Å². The molecule has 1 N–H and O–H groups in total. The van der Waals surface area contributed by atoms with Crippen molar-refractivity contribution in [2.24, 2.45) is 0 Å². The minimum atomic E-state index is -3.58. The molecule has 6 heteroatoms. The van der Waals surface area contributed by atoms with E-state index in [-0.39, 0.29) is 11.4 Å². The molecule has 0 bridgehead atoms. The van der Waals surface area contributed by atoms with Crippen LogP contribution >= 0.6 is 0 Å². The Morgan fingerprint density at radius 3 is 2.44 bits per heavy atom. The Morgan fingerprint density at radius 1 is 1.00 bits per heavy atom. The third kappa shape index (κ3) is 4.10. The highest BCUT2D eigenvalue weighted by Gasteiger charge is 2.15. The summed E-state index contributed by atoms with van der Waals surface area (Å²) in [4.78, 5) is 8.73. The zero-order valence-electron chi connectivity index (χ0n) is 13.9. The van der Waals surface area contributed by atoms with Crippen molar-refractivity contribution in [3.8, 4) is 11.3 Å². The molecule has 0 aliphatic rings. The van der Waals surface area contributed by atoms with Crippen LogP contribution < -0.4 is 4.72 Å². The predicted molar refractivity (Wildman–Crippen MR) is 97.3 cm³/mol. The lowest BCUT2D eigenvalue weighted by Gasteiger charge is -2.10. The normalized spacial score (nSPS) is 11.4. The van der Waals surface area contributed by atoms with E-state index in [0.29, 0.717) is 0 Å². The Labute approximate surface area is 147 Å². The van der Waals surface area contributed by atoms with E-state index in [1.54, 1.807) is 36.8 Å². The predicted octanol–water partition coefficient (Wildman–Crippen LogP) is 3.18. The van der Waals surface area contributed by atoms with Gasteiger partial charge in [-0.15, -0.1) is 0 Å². The Balaban J connectivity index is 1.81. The number of aryl methyl sites for hydroxylation is 1. The third-order valence-electron chi connectivity index (χ3n) is 3.92. The Bertz CT molecular complexity index is 940. The van der Waals surface area contributed by atoms with Crippen molar-refractivity contribution >= 4 is 10.0 Å². The summed E-state index contributed by atoms with van der Waals surface area (Å²) >= 11 is 0. The molecule has 2 heterocycles. The first-order valence-corrected chi connectivity index (χ1v) is 9.51. The van der Waals surface area contributed by atoms with Crippen LogP contribution in [-0.2, 0) is 23.0 Å². The second-order valence-electron chi connectivity index (χ2n) is 5.57. The summed E-state index contributed by atoms with van der Waals surface area (Å²) in [5.41, 5.74) is 3.47. The van der Waals surface area contributed by atoms with Crippen molar-refractivity contribution < 1.29 is 8.42 Å². The number of pyridine rings is 2. The van der Waals surface area contributed by atoms with Gasteiger partial charge in [0.15, 0.2) is 0 Å². The van der Waals surface area contributed by atoms with E-state index in [2.05, 4.69) is 14.7 Å². The number of nitrogens with one attached hydrogen (secondary N) is 1. The standard InChI is InChI=1S/C19H19N3O2S/c1-2-15-7-9-18(10-8-15)25(23,24)22-14-17-6-4-12-21-19(17)16-5-3-11-20-13-16/h3-13,22H,2,14H2,1H3. The molecule has 0 fully saturated rings. The molecule has 3 aromatic rings. The molecule has 0 radical (unpaired) electrons. The number of hydrogen-bond donors (Lipinski definition) is 1. The van der Waals surface area contributed by atoms with E-state index < -0.39 is 10.0 Å². The molecular formula is C19H19N3O2S. The molecule has 0 aliphatic carbocycles. The summed E-state index contributed by atoms with van der Waals surface area (Å²) in [6, 6.07) is 14.3. The number of benzene rings is 1. The first kappa shape index (κ1) is 17.3. The van der Waals surface area contributed by atoms with Gasteiger partial charge in [-0.1, -0.05) is 25.1 Å². The van der Waals surface area contributed by atoms with Gasteiger partial charge in [-0.05, 0) is 47.9 Å². The second-order valence-corrected chi connectivity index (χ2v) is 7.34. The van der Waals surface area contributed by atoms with Crippen molar-refractivity contribution in [1.82, 2.24) is 14.7 Å². The van der Waals surface area contributed by atoms with Gasteiger partial charge in [0.05, 0.1) is 10.6 Å². The minimum absolute atomic E-state index is 0.163. The number of sulfonamides is 1. The van der Waals surface area contributed by atoms with Crippen molar-refractivity contribution in [1.29, 1.82) is 0 Å². The molecule has 0 atom stereocenters. The minimum Gasteiger partial charge on any atom is -0.264 e. The highest BCUT2D eigenvalue weighted by Crippen LogP contribution is 2.20. The molecule has 0 saturated heterocycles. The van der Waals surface area contributed by atoms with Crippen LogP contribution in [0.15, 0.2) is 72.0 Å². The van der Waals surface area contributed by atoms with Gasteiger partial charge < -0.3 is 0 Å². The number of rotatable bonds is 6. The molecule has 3 rings (SSSR count). The third-order valence-corrected chi connectivity index (χ3v) is 5.34. The van der Waals surface area contributed by atoms with Crippen molar-refractivity contribution in [3.63, 3.8) is 0 Å². The fourth-order valence-electron chi connectivity index (χ4n) is 2.50. The van der Waals surface area contributed by atoms with Crippen LogP contribution in [0.1, 0.15) is 18.1 Å². The molecule has 5 nitrogen and oxygen atoms in total. The average Bonchev–Trinajstić information content (AvgIpc) is 2.67. The summed E-state index contributed by atoms with van der Waals surface area (Å²) < 4.78 is 27.7. The van der Waals surface area contributed by atoms with Gasteiger partial charge in [0.1, 0.15) is 0 Å². The monoisotopic (exact) mass is 353 g/mol. The molecule has 0 amide bonds. The van der Waals surface area contributed by atoms with Gasteiger partial charge >= 0.3 is 0 Å². The zero-order valence-corrected chi connectivity index (χ0v) is 14.7. The first-order chi connectivity index (χ1) is 12.1. The van der Waals surface area contributed by atoms with Crippen LogP contribution in [0.5, 0.6) is 0 Å². The highest BCUT2D eigenvalue weighted by molar-refractivity contribution is 7.89. The topological polar surface area (TPSA) is 72.0 Å². The van der Waals surface area contributed by atoms with Crippen molar-refractivity contribution in [3.05, 3.63) is 78.2 Å². The quantitative estimate of drug-likeness (QED) is 0.739. The largest absolute Gasteiger partial charge is 0.264 e. The maximum absolute atomic E-state index is 12.5. The molecule has 0 saturated carbocycles. The van der Waals surface area contributed by atoms with E-state index in [1.165, 1.54) is 0 Å². The van der Waals surface area contributed by atoms with Gasteiger partial charge in [-0.3, -0.25) is 9.97 Å². The second kappa shape index (κ2) is 7.55. The van der Waals surface area contributed by atoms with Crippen LogP contribution in [0.3, 0.4) is 0 Å². The van der Waals surface area contributed by atoms with E-state index in [0.717, 1.165) is 28.8 Å². The fourth-order valence-corrected chi connectivity index (χ4v) is 3.51. The Kier molecular flexibility index (Phi) is 5.21. The maximum atomic E-state index is 12.5. The summed E-state index contributed by atoms with van der Waals surface area (Å²) in [7, 11) is -3.58. The number of nitrogens with zero attached hydrogens (tertiary/aromatic N) is 2. The van der Waals surface area contributed by atoms with E-state index in [4.69, 9.17) is 0 Å². The van der Waals surface area contributed by atoms with Gasteiger partial charge in [0.2, 0.25) is 10.0 Å². The highest BCUT2D eigenvalue weighted by atomic mass is 32.2. The Morgan fingerprint density at radius 2 is 1.76 bits per heavy atom. The molecule has 0 unspecified atom stereocenters. The van der Waals surface area contributed by atoms with Crippen LogP contribution in [0.25, 0.3) is 11.3 Å². The molecule has 0 aliphatic heterocycles. The van der Waals surface area contributed by atoms with Crippen LogP contribution in [0, 0.1) is 0 Å². The zero-order chi connectivity index (χ0) is 17.7. The average molecular weight is 353 g/mol. The van der Waals surface area contributed by atoms with Gasteiger partial charge in [-0.25, -0.2) is 13.1 Å². The summed E-state index contributed by atoms with van der Waals surface area (Å²) in [6.07, 6.45) is 5.96. The molecule has 25 heavy (non-hydrogen) atoms. The summed E-state index contributed by atoms with van der Waals surface area (Å²) in [6.45, 7) is 2.19. The van der Waals surface area contributed by atoms with E-state index in [9.17, 15) is 8.42 Å². The lowest BCUT2D eigenvalue weighted by atomic mass is 10.1. The molecule has 1 aromatic carbocycles. The fraction of sp³-hybridized carbons (Fsp3) is 0.158. The molecule has 0 spiro atoms. The number of hydrogen-bond acceptors (Lipinski definition) is 4. The van der Waals surface area contributed by atoms with Crippen molar-refractivity contribution in [2.45, 2.75) is 24.8 Å². The van der Waals surface area contributed by atoms with Gasteiger partial charge in [-0.2, -0.15) is 0 Å². The first-order valence-electron chi connectivity index (χ1n) is 8.03. The summed E-state index contributed by atoms with van der Waals surface area (Å²) in [5, 5.41) is 0. The van der Waals surface area contributed by atoms with Gasteiger partial charge in [0, 0.05) is 30.7 Å². The summed E-state index contributed by atoms with van der Waals surface area (Å²) in [5.74, 6) is 0. The van der Waals surface area contributed by atoms with Crippen LogP contribution in [-0.4, -0.2) is 18.4 Å². The maximum Gasteiger partial charge on any atom is 0.240 e. The number of aromatic nitrogens is 2. The smallest absolute Gasteiger partial charge is 0.240 e. The van der Waals surface area contributed by atoms with E-state index >= 15 is 0 Å². The van der Waals surface area contributed by atoms with Gasteiger partial charge in [0.25, 0.3) is 0 Å². The molecular weight excluding hydrogens is 334 g/mol. The SMILES string of the molecule is CCc1ccc(S(=O)(=O)NCc2cccnc2-c2cccnc2)cc1.